The monoisotopic (exact) mass is 285 g/mol. The first kappa shape index (κ1) is 15.3. The van der Waals surface area contributed by atoms with Gasteiger partial charge in [-0.1, -0.05) is 31.5 Å². The number of benzene rings is 1. The van der Waals surface area contributed by atoms with E-state index in [0.717, 1.165) is 22.9 Å². The summed E-state index contributed by atoms with van der Waals surface area (Å²) < 4.78 is 0. The number of hydrogen-bond acceptors (Lipinski definition) is 5. The lowest BCUT2D eigenvalue weighted by atomic mass is 10.1. The van der Waals surface area contributed by atoms with Gasteiger partial charge in [0.25, 0.3) is 0 Å². The Morgan fingerprint density at radius 2 is 1.71 bits per heavy atom. The third kappa shape index (κ3) is 3.31. The van der Waals surface area contributed by atoms with Crippen molar-refractivity contribution in [3.63, 3.8) is 0 Å². The van der Waals surface area contributed by atoms with Gasteiger partial charge < -0.3 is 10.7 Å². The minimum atomic E-state index is 0.234. The molecule has 1 heterocycles. The molecule has 2 aromatic rings. The van der Waals surface area contributed by atoms with Crippen molar-refractivity contribution in [2.75, 3.05) is 10.7 Å². The number of aryl methyl sites for hydroxylation is 2. The highest BCUT2D eigenvalue weighted by Crippen LogP contribution is 2.27. The molecule has 5 heteroatoms. The molecule has 0 aliphatic carbocycles. The lowest BCUT2D eigenvalue weighted by Crippen LogP contribution is -2.14. The average molecular weight is 285 g/mol. The van der Waals surface area contributed by atoms with Crippen molar-refractivity contribution >= 4 is 17.3 Å². The SMILES string of the molecule is Cc1ccc(Nc2nc(C(C)C)nc(NN)c2C)c(C)c1. The van der Waals surface area contributed by atoms with Gasteiger partial charge in [-0.15, -0.1) is 0 Å². The van der Waals surface area contributed by atoms with Crippen LogP contribution < -0.4 is 16.6 Å². The minimum Gasteiger partial charge on any atom is -0.340 e. The Hall–Kier alpha value is -2.14. The number of aromatic nitrogens is 2. The molecular weight excluding hydrogens is 262 g/mol. The van der Waals surface area contributed by atoms with Crippen LogP contribution in [-0.4, -0.2) is 9.97 Å². The summed E-state index contributed by atoms with van der Waals surface area (Å²) in [5.74, 6) is 8.00. The number of nitrogen functional groups attached to an aromatic ring is 1. The van der Waals surface area contributed by atoms with Crippen LogP contribution in [0.2, 0.25) is 0 Å². The predicted molar refractivity (Wildman–Crippen MR) is 87.9 cm³/mol. The first-order valence-electron chi connectivity index (χ1n) is 7.11. The van der Waals surface area contributed by atoms with Crippen molar-refractivity contribution in [1.82, 2.24) is 9.97 Å². The molecule has 4 N–H and O–H groups in total. The fraction of sp³-hybridized carbons (Fsp3) is 0.375. The van der Waals surface area contributed by atoms with E-state index in [0.29, 0.717) is 5.82 Å². The van der Waals surface area contributed by atoms with Crippen molar-refractivity contribution in [2.45, 2.75) is 40.5 Å². The van der Waals surface area contributed by atoms with Gasteiger partial charge in [-0.25, -0.2) is 15.8 Å². The minimum absolute atomic E-state index is 0.234. The van der Waals surface area contributed by atoms with Crippen molar-refractivity contribution in [1.29, 1.82) is 0 Å². The van der Waals surface area contributed by atoms with E-state index in [9.17, 15) is 0 Å². The van der Waals surface area contributed by atoms with Gasteiger partial charge >= 0.3 is 0 Å². The van der Waals surface area contributed by atoms with Gasteiger partial charge in [-0.05, 0) is 32.4 Å². The van der Waals surface area contributed by atoms with Crippen molar-refractivity contribution in [2.24, 2.45) is 5.84 Å². The van der Waals surface area contributed by atoms with E-state index in [-0.39, 0.29) is 5.92 Å². The van der Waals surface area contributed by atoms with Gasteiger partial charge in [0, 0.05) is 17.2 Å². The summed E-state index contributed by atoms with van der Waals surface area (Å²) in [5.41, 5.74) is 7.02. The van der Waals surface area contributed by atoms with Crippen LogP contribution in [0, 0.1) is 20.8 Å². The lowest BCUT2D eigenvalue weighted by molar-refractivity contribution is 0.774. The largest absolute Gasteiger partial charge is 0.340 e. The number of nitrogens with zero attached hydrogens (tertiary/aromatic N) is 2. The lowest BCUT2D eigenvalue weighted by Gasteiger charge is -2.16. The van der Waals surface area contributed by atoms with E-state index in [1.54, 1.807) is 0 Å². The van der Waals surface area contributed by atoms with Crippen molar-refractivity contribution in [3.05, 3.63) is 40.7 Å². The number of hydrogen-bond donors (Lipinski definition) is 3. The first-order valence-corrected chi connectivity index (χ1v) is 7.11. The number of nitrogens with one attached hydrogen (secondary N) is 2. The van der Waals surface area contributed by atoms with Crippen molar-refractivity contribution < 1.29 is 0 Å². The molecule has 1 aromatic carbocycles. The van der Waals surface area contributed by atoms with Crippen LogP contribution >= 0.6 is 0 Å². The van der Waals surface area contributed by atoms with E-state index in [2.05, 4.69) is 66.6 Å². The van der Waals surface area contributed by atoms with Gasteiger partial charge in [0.05, 0.1) is 0 Å². The first-order chi connectivity index (χ1) is 9.92. The summed E-state index contributed by atoms with van der Waals surface area (Å²) in [6.45, 7) is 10.2. The molecule has 0 unspecified atom stereocenters. The maximum absolute atomic E-state index is 5.56. The fourth-order valence-electron chi connectivity index (χ4n) is 2.14. The van der Waals surface area contributed by atoms with E-state index in [4.69, 9.17) is 5.84 Å². The summed E-state index contributed by atoms with van der Waals surface area (Å²) in [6, 6.07) is 6.29. The third-order valence-corrected chi connectivity index (χ3v) is 3.45. The topological polar surface area (TPSA) is 75.9 Å². The molecule has 0 amide bonds. The number of hydrazine groups is 1. The molecule has 2 rings (SSSR count). The molecule has 0 saturated carbocycles. The fourth-order valence-corrected chi connectivity index (χ4v) is 2.14. The van der Waals surface area contributed by atoms with Crippen LogP contribution in [0.4, 0.5) is 17.3 Å². The summed E-state index contributed by atoms with van der Waals surface area (Å²) in [5, 5.41) is 3.39. The van der Waals surface area contributed by atoms with Gasteiger partial charge in [-0.2, -0.15) is 0 Å². The zero-order valence-electron chi connectivity index (χ0n) is 13.3. The van der Waals surface area contributed by atoms with Gasteiger partial charge in [0.1, 0.15) is 17.5 Å². The molecular formula is C16H23N5. The van der Waals surface area contributed by atoms with E-state index in [1.807, 2.05) is 6.92 Å². The molecule has 0 saturated heterocycles. The summed E-state index contributed by atoms with van der Waals surface area (Å²) in [4.78, 5) is 9.06. The van der Waals surface area contributed by atoms with E-state index in [1.165, 1.54) is 11.1 Å². The summed E-state index contributed by atoms with van der Waals surface area (Å²) in [7, 11) is 0. The molecule has 0 spiro atoms. The zero-order valence-corrected chi connectivity index (χ0v) is 13.3. The van der Waals surface area contributed by atoms with E-state index < -0.39 is 0 Å². The smallest absolute Gasteiger partial charge is 0.148 e. The maximum atomic E-state index is 5.56. The molecule has 0 atom stereocenters. The van der Waals surface area contributed by atoms with Gasteiger partial charge in [0.15, 0.2) is 0 Å². The van der Waals surface area contributed by atoms with Crippen LogP contribution in [0.5, 0.6) is 0 Å². The molecule has 0 bridgehead atoms. The third-order valence-electron chi connectivity index (χ3n) is 3.45. The second-order valence-electron chi connectivity index (χ2n) is 5.65. The van der Waals surface area contributed by atoms with Crippen LogP contribution in [-0.2, 0) is 0 Å². The molecule has 0 aliphatic heterocycles. The number of anilines is 3. The van der Waals surface area contributed by atoms with Crippen LogP contribution in [0.25, 0.3) is 0 Å². The molecule has 112 valence electrons. The zero-order chi connectivity index (χ0) is 15.6. The quantitative estimate of drug-likeness (QED) is 0.591. The molecule has 21 heavy (non-hydrogen) atoms. The van der Waals surface area contributed by atoms with E-state index >= 15 is 0 Å². The Bertz CT molecular complexity index is 649. The predicted octanol–water partition coefficient (Wildman–Crippen LogP) is 3.55. The highest BCUT2D eigenvalue weighted by atomic mass is 15.3. The highest BCUT2D eigenvalue weighted by Gasteiger charge is 2.13. The number of nitrogens with two attached hydrogens (primary N) is 1. The molecule has 0 fully saturated rings. The van der Waals surface area contributed by atoms with Gasteiger partial charge in [-0.3, -0.25) is 0 Å². The molecule has 0 aliphatic rings. The average Bonchev–Trinajstić information content (AvgIpc) is 2.43. The van der Waals surface area contributed by atoms with Crippen LogP contribution in [0.15, 0.2) is 18.2 Å². The standard InChI is InChI=1S/C16H23N5/c1-9(2)14-19-15(12(5)16(20-14)21-17)18-13-7-6-10(3)8-11(13)4/h6-9H,17H2,1-5H3,(H2,18,19,20,21). The Balaban J connectivity index is 2.45. The second kappa shape index (κ2) is 6.10. The van der Waals surface area contributed by atoms with Gasteiger partial charge in [0.2, 0.25) is 0 Å². The molecule has 0 radical (unpaired) electrons. The Morgan fingerprint density at radius 1 is 1.05 bits per heavy atom. The molecule has 1 aromatic heterocycles. The summed E-state index contributed by atoms with van der Waals surface area (Å²) in [6.07, 6.45) is 0. The number of rotatable bonds is 4. The summed E-state index contributed by atoms with van der Waals surface area (Å²) >= 11 is 0. The Kier molecular flexibility index (Phi) is 4.43. The highest BCUT2D eigenvalue weighted by molar-refractivity contribution is 5.67. The Labute approximate surface area is 126 Å². The maximum Gasteiger partial charge on any atom is 0.148 e. The second-order valence-corrected chi connectivity index (χ2v) is 5.65. The molecule has 5 nitrogen and oxygen atoms in total. The van der Waals surface area contributed by atoms with Crippen molar-refractivity contribution in [3.8, 4) is 0 Å². The van der Waals surface area contributed by atoms with Crippen LogP contribution in [0.3, 0.4) is 0 Å². The van der Waals surface area contributed by atoms with Crippen LogP contribution in [0.1, 0.15) is 42.3 Å². The normalized spacial score (nSPS) is 10.8. The Morgan fingerprint density at radius 3 is 2.29 bits per heavy atom.